The monoisotopic (exact) mass is 392 g/mol. The van der Waals surface area contributed by atoms with E-state index in [1.54, 1.807) is 30.5 Å². The van der Waals surface area contributed by atoms with E-state index in [0.29, 0.717) is 30.9 Å². The van der Waals surface area contributed by atoms with Crippen LogP contribution in [0.25, 0.3) is 0 Å². The summed E-state index contributed by atoms with van der Waals surface area (Å²) in [5.74, 6) is 0.719. The first-order valence-corrected chi connectivity index (χ1v) is 10.3. The molecule has 1 N–H and O–H groups in total. The molecule has 0 saturated carbocycles. The number of nitrogens with zero attached hydrogens (tertiary/aromatic N) is 1. The average Bonchev–Trinajstić information content (AvgIpc) is 3.23. The lowest BCUT2D eigenvalue weighted by Gasteiger charge is -2.31. The Morgan fingerprint density at radius 1 is 1.30 bits per heavy atom. The number of carbonyl (C=O) groups excluding carboxylic acids is 1. The van der Waals surface area contributed by atoms with Crippen LogP contribution >= 0.6 is 0 Å². The molecule has 1 aromatic carbocycles. The van der Waals surface area contributed by atoms with Crippen molar-refractivity contribution < 1.29 is 22.4 Å². The Kier molecular flexibility index (Phi) is 5.86. The summed E-state index contributed by atoms with van der Waals surface area (Å²) in [7, 11) is -2.12. The number of ether oxygens (including phenoxy) is 1. The van der Waals surface area contributed by atoms with Crippen molar-refractivity contribution in [2.24, 2.45) is 5.92 Å². The van der Waals surface area contributed by atoms with Crippen LogP contribution in [-0.4, -0.2) is 38.8 Å². The van der Waals surface area contributed by atoms with E-state index in [0.717, 1.165) is 0 Å². The van der Waals surface area contributed by atoms with Crippen LogP contribution < -0.4 is 10.1 Å². The van der Waals surface area contributed by atoms with Crippen molar-refractivity contribution in [1.82, 2.24) is 9.62 Å². The lowest BCUT2D eigenvalue weighted by molar-refractivity contribution is -0.126. The number of nitrogens with one attached hydrogen (secondary N) is 1. The second kappa shape index (κ2) is 8.14. The van der Waals surface area contributed by atoms with E-state index >= 15 is 0 Å². The van der Waals surface area contributed by atoms with Crippen LogP contribution in [-0.2, 0) is 14.8 Å². The molecule has 8 heteroatoms. The molecule has 1 fully saturated rings. The minimum atomic E-state index is -3.65. The number of methoxy groups -OCH3 is 1. The summed E-state index contributed by atoms with van der Waals surface area (Å²) in [4.78, 5) is 12.8. The Balaban J connectivity index is 1.68. The largest absolute Gasteiger partial charge is 0.497 e. The first kappa shape index (κ1) is 19.4. The van der Waals surface area contributed by atoms with Gasteiger partial charge in [0.1, 0.15) is 11.5 Å². The summed E-state index contributed by atoms with van der Waals surface area (Å²) in [6, 6.07) is 9.58. The third kappa shape index (κ3) is 4.33. The molecule has 1 amide bonds. The fourth-order valence-corrected chi connectivity index (χ4v) is 4.74. The summed E-state index contributed by atoms with van der Waals surface area (Å²) >= 11 is 0. The predicted octanol–water partition coefficient (Wildman–Crippen LogP) is 2.57. The van der Waals surface area contributed by atoms with Gasteiger partial charge in [0.25, 0.3) is 0 Å². The smallest absolute Gasteiger partial charge is 0.243 e. The zero-order valence-corrected chi connectivity index (χ0v) is 16.2. The first-order valence-electron chi connectivity index (χ1n) is 8.90. The van der Waals surface area contributed by atoms with Crippen LogP contribution in [0.15, 0.2) is 52.0 Å². The van der Waals surface area contributed by atoms with Crippen LogP contribution in [0.5, 0.6) is 5.75 Å². The lowest BCUT2D eigenvalue weighted by Crippen LogP contribution is -2.45. The number of hydrogen-bond acceptors (Lipinski definition) is 5. The highest BCUT2D eigenvalue weighted by molar-refractivity contribution is 7.89. The molecule has 1 aromatic heterocycles. The average molecular weight is 392 g/mol. The maximum absolute atomic E-state index is 12.9. The zero-order chi connectivity index (χ0) is 19.4. The Hall–Kier alpha value is -2.32. The molecule has 27 heavy (non-hydrogen) atoms. The van der Waals surface area contributed by atoms with E-state index in [4.69, 9.17) is 9.15 Å². The number of furan rings is 1. The highest BCUT2D eigenvalue weighted by atomic mass is 32.2. The minimum absolute atomic E-state index is 0.159. The van der Waals surface area contributed by atoms with Gasteiger partial charge in [-0.1, -0.05) is 0 Å². The van der Waals surface area contributed by atoms with Gasteiger partial charge in [-0.2, -0.15) is 4.31 Å². The molecule has 0 unspecified atom stereocenters. The van der Waals surface area contributed by atoms with Gasteiger partial charge >= 0.3 is 0 Å². The molecule has 1 aliphatic rings. The maximum Gasteiger partial charge on any atom is 0.243 e. The Labute approximate surface area is 159 Å². The van der Waals surface area contributed by atoms with Crippen molar-refractivity contribution in [1.29, 1.82) is 0 Å². The van der Waals surface area contributed by atoms with E-state index in [1.807, 2.05) is 6.92 Å². The predicted molar refractivity (Wildman–Crippen MR) is 99.7 cm³/mol. The van der Waals surface area contributed by atoms with Gasteiger partial charge in [0.2, 0.25) is 15.9 Å². The van der Waals surface area contributed by atoms with Gasteiger partial charge in [-0.15, -0.1) is 0 Å². The molecule has 7 nitrogen and oxygen atoms in total. The van der Waals surface area contributed by atoms with E-state index in [2.05, 4.69) is 5.32 Å². The summed E-state index contributed by atoms with van der Waals surface area (Å²) in [6.45, 7) is 2.42. The normalized spacial score (nSPS) is 19.4. The number of carbonyl (C=O) groups is 1. The second-order valence-electron chi connectivity index (χ2n) is 6.62. The van der Waals surface area contributed by atoms with Gasteiger partial charge in [-0.25, -0.2) is 8.42 Å². The van der Waals surface area contributed by atoms with Gasteiger partial charge < -0.3 is 14.5 Å². The fraction of sp³-hybridized carbons (Fsp3) is 0.421. The van der Waals surface area contributed by atoms with Crippen molar-refractivity contribution in [2.45, 2.75) is 30.7 Å². The molecule has 0 aliphatic carbocycles. The highest BCUT2D eigenvalue weighted by Crippen LogP contribution is 2.26. The first-order chi connectivity index (χ1) is 12.9. The van der Waals surface area contributed by atoms with Gasteiger partial charge in [0.15, 0.2) is 0 Å². The van der Waals surface area contributed by atoms with Gasteiger partial charge in [-0.3, -0.25) is 4.79 Å². The molecule has 0 bridgehead atoms. The van der Waals surface area contributed by atoms with Crippen molar-refractivity contribution in [3.05, 3.63) is 48.4 Å². The van der Waals surface area contributed by atoms with Crippen LogP contribution in [0.2, 0.25) is 0 Å². The van der Waals surface area contributed by atoms with E-state index in [-0.39, 0.29) is 29.3 Å². The molecule has 1 saturated heterocycles. The molecule has 1 aliphatic heterocycles. The molecule has 2 atom stereocenters. The van der Waals surface area contributed by atoms with Gasteiger partial charge in [-0.05, 0) is 56.2 Å². The molecular formula is C19H24N2O5S. The van der Waals surface area contributed by atoms with Crippen LogP contribution in [0, 0.1) is 5.92 Å². The highest BCUT2D eigenvalue weighted by Gasteiger charge is 2.33. The van der Waals surface area contributed by atoms with E-state index in [9.17, 15) is 13.2 Å². The number of rotatable bonds is 6. The Morgan fingerprint density at radius 3 is 2.67 bits per heavy atom. The van der Waals surface area contributed by atoms with Crippen LogP contribution in [0.3, 0.4) is 0 Å². The lowest BCUT2D eigenvalue weighted by atomic mass is 9.98. The zero-order valence-electron chi connectivity index (χ0n) is 15.4. The summed E-state index contributed by atoms with van der Waals surface area (Å²) < 4.78 is 37.6. The quantitative estimate of drug-likeness (QED) is 0.816. The van der Waals surface area contributed by atoms with Crippen molar-refractivity contribution >= 4 is 15.9 Å². The van der Waals surface area contributed by atoms with E-state index in [1.165, 1.54) is 23.5 Å². The molecule has 2 heterocycles. The topological polar surface area (TPSA) is 88.9 Å². The Morgan fingerprint density at radius 2 is 2.04 bits per heavy atom. The molecule has 146 valence electrons. The van der Waals surface area contributed by atoms with Gasteiger partial charge in [0.05, 0.1) is 30.2 Å². The summed E-state index contributed by atoms with van der Waals surface area (Å²) in [5.41, 5.74) is 0. The van der Waals surface area contributed by atoms with Crippen molar-refractivity contribution in [3.63, 3.8) is 0 Å². The number of hydrogen-bond donors (Lipinski definition) is 1. The van der Waals surface area contributed by atoms with E-state index < -0.39 is 10.0 Å². The third-order valence-corrected chi connectivity index (χ3v) is 6.66. The number of piperidine rings is 1. The number of amides is 1. The van der Waals surface area contributed by atoms with Crippen molar-refractivity contribution in [2.75, 3.05) is 20.2 Å². The molecule has 2 aromatic rings. The van der Waals surface area contributed by atoms with Crippen LogP contribution in [0.4, 0.5) is 0 Å². The van der Waals surface area contributed by atoms with Gasteiger partial charge in [0, 0.05) is 13.1 Å². The molecular weight excluding hydrogens is 368 g/mol. The minimum Gasteiger partial charge on any atom is -0.497 e. The molecule has 3 rings (SSSR count). The number of sulfonamides is 1. The van der Waals surface area contributed by atoms with Crippen molar-refractivity contribution in [3.8, 4) is 5.75 Å². The summed E-state index contributed by atoms with van der Waals surface area (Å²) in [5, 5.41) is 2.91. The standard InChI is InChI=1S/C19H24N2O5S/c1-14(18-6-4-12-26-18)20-19(22)15-5-3-11-21(13-15)27(23,24)17-9-7-16(25-2)8-10-17/h4,6-10,12,14-15H,3,5,11,13H2,1-2H3,(H,20,22)/t14-,15+/m0/s1. The second-order valence-corrected chi connectivity index (χ2v) is 8.56. The van der Waals surface area contributed by atoms with Crippen LogP contribution in [0.1, 0.15) is 31.6 Å². The summed E-state index contributed by atoms with van der Waals surface area (Å²) in [6.07, 6.45) is 2.86. The maximum atomic E-state index is 12.9. The molecule has 0 spiro atoms. The molecule has 0 radical (unpaired) electrons. The Bertz CT molecular complexity index is 862. The number of benzene rings is 1. The fourth-order valence-electron chi connectivity index (χ4n) is 3.21. The SMILES string of the molecule is COc1ccc(S(=O)(=O)N2CCC[C@@H](C(=O)N[C@@H](C)c3ccco3)C2)cc1. The third-order valence-electron chi connectivity index (χ3n) is 4.78.